The lowest BCUT2D eigenvalue weighted by molar-refractivity contribution is 0.122. The Morgan fingerprint density at radius 1 is 1.05 bits per heavy atom. The highest BCUT2D eigenvalue weighted by molar-refractivity contribution is 5.22. The SMILES string of the molecule is Cc1cccc(CN2CCC(N3CCCC3)CC2)c1. The maximum Gasteiger partial charge on any atom is 0.0233 e. The van der Waals surface area contributed by atoms with Crippen molar-refractivity contribution in [1.29, 1.82) is 0 Å². The van der Waals surface area contributed by atoms with Gasteiger partial charge in [0.2, 0.25) is 0 Å². The Balaban J connectivity index is 1.50. The van der Waals surface area contributed by atoms with Crippen molar-refractivity contribution >= 4 is 0 Å². The van der Waals surface area contributed by atoms with E-state index in [4.69, 9.17) is 0 Å². The minimum absolute atomic E-state index is 0.872. The lowest BCUT2D eigenvalue weighted by Crippen LogP contribution is -2.43. The zero-order valence-electron chi connectivity index (χ0n) is 12.1. The molecule has 0 unspecified atom stereocenters. The van der Waals surface area contributed by atoms with Gasteiger partial charge in [-0.25, -0.2) is 0 Å². The highest BCUT2D eigenvalue weighted by atomic mass is 15.2. The number of rotatable bonds is 3. The van der Waals surface area contributed by atoms with E-state index < -0.39 is 0 Å². The molecule has 0 amide bonds. The molecule has 1 aromatic rings. The summed E-state index contributed by atoms with van der Waals surface area (Å²) in [6.45, 7) is 8.56. The van der Waals surface area contributed by atoms with Crippen LogP contribution in [0.3, 0.4) is 0 Å². The van der Waals surface area contributed by atoms with Gasteiger partial charge in [-0.1, -0.05) is 29.8 Å². The molecule has 0 atom stereocenters. The zero-order chi connectivity index (χ0) is 13.1. The molecule has 0 N–H and O–H groups in total. The third-order valence-corrected chi connectivity index (χ3v) is 4.70. The van der Waals surface area contributed by atoms with Gasteiger partial charge in [0.1, 0.15) is 0 Å². The van der Waals surface area contributed by atoms with Crippen LogP contribution in [0.15, 0.2) is 24.3 Å². The van der Waals surface area contributed by atoms with Crippen molar-refractivity contribution < 1.29 is 0 Å². The molecule has 0 aliphatic carbocycles. The molecule has 104 valence electrons. The first kappa shape index (κ1) is 13.1. The molecule has 2 nitrogen and oxygen atoms in total. The van der Waals surface area contributed by atoms with Crippen molar-refractivity contribution in [2.24, 2.45) is 0 Å². The molecular formula is C17H26N2. The normalized spacial score (nSPS) is 23.0. The summed E-state index contributed by atoms with van der Waals surface area (Å²) in [5.74, 6) is 0. The molecule has 19 heavy (non-hydrogen) atoms. The van der Waals surface area contributed by atoms with Crippen LogP contribution in [0.2, 0.25) is 0 Å². The number of benzene rings is 1. The summed E-state index contributed by atoms with van der Waals surface area (Å²) >= 11 is 0. The summed E-state index contributed by atoms with van der Waals surface area (Å²) in [5, 5.41) is 0. The molecule has 0 radical (unpaired) electrons. The lowest BCUT2D eigenvalue weighted by Gasteiger charge is -2.36. The minimum Gasteiger partial charge on any atom is -0.300 e. The molecule has 2 fully saturated rings. The predicted octanol–water partition coefficient (Wildman–Crippen LogP) is 3.06. The standard InChI is InChI=1S/C17H26N2/c1-15-5-4-6-16(13-15)14-18-11-7-17(8-12-18)19-9-2-3-10-19/h4-6,13,17H,2-3,7-12,14H2,1H3. The van der Waals surface area contributed by atoms with E-state index in [0.717, 1.165) is 12.6 Å². The molecule has 0 saturated carbocycles. The van der Waals surface area contributed by atoms with Crippen LogP contribution in [0.4, 0.5) is 0 Å². The molecule has 2 heterocycles. The van der Waals surface area contributed by atoms with Gasteiger partial charge in [-0.3, -0.25) is 4.90 Å². The predicted molar refractivity (Wildman–Crippen MR) is 80.3 cm³/mol. The summed E-state index contributed by atoms with van der Waals surface area (Å²) in [5.41, 5.74) is 2.85. The fourth-order valence-electron chi connectivity index (χ4n) is 3.62. The van der Waals surface area contributed by atoms with Gasteiger partial charge < -0.3 is 4.90 Å². The number of hydrogen-bond donors (Lipinski definition) is 0. The van der Waals surface area contributed by atoms with E-state index in [-0.39, 0.29) is 0 Å². The summed E-state index contributed by atoms with van der Waals surface area (Å²) in [7, 11) is 0. The Hall–Kier alpha value is -0.860. The van der Waals surface area contributed by atoms with Gasteiger partial charge in [0, 0.05) is 12.6 Å². The van der Waals surface area contributed by atoms with Gasteiger partial charge in [0.15, 0.2) is 0 Å². The van der Waals surface area contributed by atoms with E-state index in [1.807, 2.05) is 0 Å². The van der Waals surface area contributed by atoms with Gasteiger partial charge in [-0.15, -0.1) is 0 Å². The van der Waals surface area contributed by atoms with E-state index in [2.05, 4.69) is 41.0 Å². The molecule has 2 saturated heterocycles. The number of likely N-dealkylation sites (tertiary alicyclic amines) is 2. The molecule has 2 aliphatic rings. The Bertz CT molecular complexity index is 401. The van der Waals surface area contributed by atoms with E-state index in [1.165, 1.54) is 63.0 Å². The van der Waals surface area contributed by atoms with Crippen LogP contribution in [-0.2, 0) is 6.54 Å². The number of hydrogen-bond acceptors (Lipinski definition) is 2. The van der Waals surface area contributed by atoms with Crippen molar-refractivity contribution in [2.45, 2.75) is 45.2 Å². The third-order valence-electron chi connectivity index (χ3n) is 4.70. The van der Waals surface area contributed by atoms with Crippen LogP contribution >= 0.6 is 0 Å². The summed E-state index contributed by atoms with van der Waals surface area (Å²) in [6.07, 6.45) is 5.57. The molecule has 2 heteroatoms. The van der Waals surface area contributed by atoms with Crippen LogP contribution in [0.25, 0.3) is 0 Å². The summed E-state index contributed by atoms with van der Waals surface area (Å²) in [4.78, 5) is 5.35. The van der Waals surface area contributed by atoms with Crippen LogP contribution in [-0.4, -0.2) is 42.0 Å². The summed E-state index contributed by atoms with van der Waals surface area (Å²) in [6, 6.07) is 9.83. The molecule has 0 aromatic heterocycles. The largest absolute Gasteiger partial charge is 0.300 e. The molecule has 0 bridgehead atoms. The Kier molecular flexibility index (Phi) is 4.19. The zero-order valence-corrected chi connectivity index (χ0v) is 12.1. The second-order valence-electron chi connectivity index (χ2n) is 6.24. The molecule has 0 spiro atoms. The van der Waals surface area contributed by atoms with Crippen molar-refractivity contribution in [3.8, 4) is 0 Å². The van der Waals surface area contributed by atoms with Crippen LogP contribution in [0.5, 0.6) is 0 Å². The molecule has 2 aliphatic heterocycles. The molecule has 1 aromatic carbocycles. The van der Waals surface area contributed by atoms with Crippen LogP contribution in [0.1, 0.15) is 36.8 Å². The van der Waals surface area contributed by atoms with Gasteiger partial charge in [0.05, 0.1) is 0 Å². The first-order valence-corrected chi connectivity index (χ1v) is 7.83. The van der Waals surface area contributed by atoms with E-state index >= 15 is 0 Å². The highest BCUT2D eigenvalue weighted by Crippen LogP contribution is 2.22. The quantitative estimate of drug-likeness (QED) is 0.822. The van der Waals surface area contributed by atoms with Crippen molar-refractivity contribution in [2.75, 3.05) is 26.2 Å². The fraction of sp³-hybridized carbons (Fsp3) is 0.647. The first-order valence-electron chi connectivity index (χ1n) is 7.83. The average Bonchev–Trinajstić information content (AvgIpc) is 2.94. The van der Waals surface area contributed by atoms with E-state index in [0.29, 0.717) is 0 Å². The van der Waals surface area contributed by atoms with Crippen molar-refractivity contribution in [3.63, 3.8) is 0 Å². The highest BCUT2D eigenvalue weighted by Gasteiger charge is 2.26. The second kappa shape index (κ2) is 6.06. The topological polar surface area (TPSA) is 6.48 Å². The summed E-state index contributed by atoms with van der Waals surface area (Å²) < 4.78 is 0. The Morgan fingerprint density at radius 3 is 2.47 bits per heavy atom. The maximum atomic E-state index is 2.73. The van der Waals surface area contributed by atoms with Crippen LogP contribution in [0, 0.1) is 6.92 Å². The van der Waals surface area contributed by atoms with Crippen molar-refractivity contribution in [3.05, 3.63) is 35.4 Å². The monoisotopic (exact) mass is 258 g/mol. The number of aryl methyl sites for hydroxylation is 1. The van der Waals surface area contributed by atoms with Gasteiger partial charge in [-0.2, -0.15) is 0 Å². The second-order valence-corrected chi connectivity index (χ2v) is 6.24. The van der Waals surface area contributed by atoms with Gasteiger partial charge >= 0.3 is 0 Å². The first-order chi connectivity index (χ1) is 9.31. The van der Waals surface area contributed by atoms with Crippen LogP contribution < -0.4 is 0 Å². The van der Waals surface area contributed by atoms with E-state index in [9.17, 15) is 0 Å². The van der Waals surface area contributed by atoms with Gasteiger partial charge in [0.25, 0.3) is 0 Å². The van der Waals surface area contributed by atoms with Crippen molar-refractivity contribution in [1.82, 2.24) is 9.80 Å². The smallest absolute Gasteiger partial charge is 0.0233 e. The van der Waals surface area contributed by atoms with E-state index in [1.54, 1.807) is 0 Å². The lowest BCUT2D eigenvalue weighted by atomic mass is 10.0. The maximum absolute atomic E-state index is 2.73. The number of piperidine rings is 1. The molecular weight excluding hydrogens is 232 g/mol. The molecule has 3 rings (SSSR count). The average molecular weight is 258 g/mol. The minimum atomic E-state index is 0.872. The Morgan fingerprint density at radius 2 is 1.79 bits per heavy atom. The fourth-order valence-corrected chi connectivity index (χ4v) is 3.62. The number of nitrogens with zero attached hydrogens (tertiary/aromatic N) is 2. The Labute approximate surface area is 117 Å². The van der Waals surface area contributed by atoms with Gasteiger partial charge in [-0.05, 0) is 64.3 Å². The third kappa shape index (κ3) is 3.37.